The van der Waals surface area contributed by atoms with E-state index in [0.717, 1.165) is 11.5 Å². The number of para-hydroxylation sites is 1. The van der Waals surface area contributed by atoms with Gasteiger partial charge in [0.1, 0.15) is 11.5 Å². The van der Waals surface area contributed by atoms with E-state index in [4.69, 9.17) is 10.5 Å². The Hall–Kier alpha value is -2.58. The highest BCUT2D eigenvalue weighted by Crippen LogP contribution is 2.27. The summed E-state index contributed by atoms with van der Waals surface area (Å²) in [6.07, 6.45) is 0. The van der Waals surface area contributed by atoms with Crippen LogP contribution in [0.5, 0.6) is 11.5 Å². The van der Waals surface area contributed by atoms with Crippen LogP contribution in [0.4, 0.5) is 0 Å². The van der Waals surface area contributed by atoms with Crippen molar-refractivity contribution in [3.05, 3.63) is 96.1 Å². The van der Waals surface area contributed by atoms with Gasteiger partial charge in [0.2, 0.25) is 0 Å². The Balaban J connectivity index is 1.78. The van der Waals surface area contributed by atoms with Crippen LogP contribution in [-0.2, 0) is 0 Å². The molecule has 0 aliphatic rings. The van der Waals surface area contributed by atoms with Crippen LogP contribution in [-0.4, -0.2) is 6.54 Å². The summed E-state index contributed by atoms with van der Waals surface area (Å²) in [4.78, 5) is 0. The van der Waals surface area contributed by atoms with Gasteiger partial charge in [-0.15, -0.1) is 0 Å². The summed E-state index contributed by atoms with van der Waals surface area (Å²) in [7, 11) is 0. The van der Waals surface area contributed by atoms with E-state index in [9.17, 15) is 0 Å². The summed E-state index contributed by atoms with van der Waals surface area (Å²) in [6.45, 7) is 0.586. The van der Waals surface area contributed by atoms with Gasteiger partial charge in [0.05, 0.1) is 0 Å². The van der Waals surface area contributed by atoms with Crippen LogP contribution < -0.4 is 10.5 Å². The summed E-state index contributed by atoms with van der Waals surface area (Å²) in [5, 5.41) is 0. The van der Waals surface area contributed by atoms with Gasteiger partial charge in [0.15, 0.2) is 0 Å². The Labute approximate surface area is 131 Å². The first-order valence-electron chi connectivity index (χ1n) is 7.44. The summed E-state index contributed by atoms with van der Waals surface area (Å²) < 4.78 is 5.82. The van der Waals surface area contributed by atoms with E-state index in [1.807, 2.05) is 60.7 Å². The maximum atomic E-state index is 5.97. The van der Waals surface area contributed by atoms with E-state index in [1.54, 1.807) is 0 Å². The molecular weight excluding hydrogens is 270 g/mol. The molecule has 0 aliphatic heterocycles. The fraction of sp³-hybridized carbons (Fsp3) is 0.100. The monoisotopic (exact) mass is 289 g/mol. The lowest BCUT2D eigenvalue weighted by Gasteiger charge is -2.16. The summed E-state index contributed by atoms with van der Waals surface area (Å²) >= 11 is 0. The molecular formula is C20H19NO. The molecule has 0 bridgehead atoms. The number of hydrogen-bond donors (Lipinski definition) is 1. The third-order valence-corrected chi connectivity index (χ3v) is 3.70. The van der Waals surface area contributed by atoms with Crippen LogP contribution in [0.2, 0.25) is 0 Å². The minimum Gasteiger partial charge on any atom is -0.457 e. The van der Waals surface area contributed by atoms with Crippen LogP contribution in [0.15, 0.2) is 84.9 Å². The van der Waals surface area contributed by atoms with Crippen molar-refractivity contribution in [1.29, 1.82) is 0 Å². The number of benzene rings is 3. The Bertz CT molecular complexity index is 693. The molecule has 2 N–H and O–H groups in total. The van der Waals surface area contributed by atoms with Crippen LogP contribution in [0.25, 0.3) is 0 Å². The van der Waals surface area contributed by atoms with Crippen molar-refractivity contribution < 1.29 is 4.74 Å². The Morgan fingerprint density at radius 2 is 1.14 bits per heavy atom. The van der Waals surface area contributed by atoms with E-state index in [0.29, 0.717) is 6.54 Å². The molecule has 110 valence electrons. The van der Waals surface area contributed by atoms with Gasteiger partial charge in [-0.2, -0.15) is 0 Å². The van der Waals surface area contributed by atoms with Crippen LogP contribution in [0.3, 0.4) is 0 Å². The molecule has 0 amide bonds. The average molecular weight is 289 g/mol. The summed E-state index contributed by atoms with van der Waals surface area (Å²) in [5.74, 6) is 1.89. The van der Waals surface area contributed by atoms with Crippen molar-refractivity contribution in [3.63, 3.8) is 0 Å². The van der Waals surface area contributed by atoms with Gasteiger partial charge in [-0.05, 0) is 35.4 Å². The lowest BCUT2D eigenvalue weighted by atomic mass is 9.91. The van der Waals surface area contributed by atoms with Gasteiger partial charge in [-0.25, -0.2) is 0 Å². The highest BCUT2D eigenvalue weighted by atomic mass is 16.5. The SMILES string of the molecule is NCC(c1ccccc1)c1ccc(Oc2ccccc2)cc1. The van der Waals surface area contributed by atoms with Gasteiger partial charge in [-0.3, -0.25) is 0 Å². The van der Waals surface area contributed by atoms with Crippen molar-refractivity contribution in [2.75, 3.05) is 6.54 Å². The standard InChI is InChI=1S/C20H19NO/c21-15-20(16-7-3-1-4-8-16)17-11-13-19(14-12-17)22-18-9-5-2-6-10-18/h1-14,20H,15,21H2. The highest BCUT2D eigenvalue weighted by Gasteiger charge is 2.12. The van der Waals surface area contributed by atoms with E-state index < -0.39 is 0 Å². The molecule has 0 fully saturated rings. The van der Waals surface area contributed by atoms with Gasteiger partial charge in [0, 0.05) is 12.5 Å². The molecule has 0 saturated carbocycles. The van der Waals surface area contributed by atoms with Gasteiger partial charge >= 0.3 is 0 Å². The number of rotatable bonds is 5. The molecule has 2 nitrogen and oxygen atoms in total. The first-order chi connectivity index (χ1) is 10.9. The molecule has 2 heteroatoms. The molecule has 0 aromatic heterocycles. The average Bonchev–Trinajstić information content (AvgIpc) is 2.59. The summed E-state index contributed by atoms with van der Waals surface area (Å²) in [5.41, 5.74) is 8.41. The Morgan fingerprint density at radius 3 is 1.73 bits per heavy atom. The topological polar surface area (TPSA) is 35.2 Å². The lowest BCUT2D eigenvalue weighted by Crippen LogP contribution is -2.13. The van der Waals surface area contributed by atoms with E-state index >= 15 is 0 Å². The fourth-order valence-electron chi connectivity index (χ4n) is 2.54. The Morgan fingerprint density at radius 1 is 0.636 bits per heavy atom. The van der Waals surface area contributed by atoms with Crippen LogP contribution >= 0.6 is 0 Å². The van der Waals surface area contributed by atoms with Crippen molar-refractivity contribution >= 4 is 0 Å². The zero-order valence-electron chi connectivity index (χ0n) is 12.4. The zero-order chi connectivity index (χ0) is 15.2. The second kappa shape index (κ2) is 6.92. The third kappa shape index (κ3) is 3.35. The fourth-order valence-corrected chi connectivity index (χ4v) is 2.54. The van der Waals surface area contributed by atoms with Gasteiger partial charge in [-0.1, -0.05) is 60.7 Å². The van der Waals surface area contributed by atoms with Crippen LogP contribution in [0.1, 0.15) is 17.0 Å². The van der Waals surface area contributed by atoms with Crippen molar-refractivity contribution in [2.45, 2.75) is 5.92 Å². The molecule has 0 aliphatic carbocycles. The number of ether oxygens (including phenoxy) is 1. The maximum Gasteiger partial charge on any atom is 0.127 e. The smallest absolute Gasteiger partial charge is 0.127 e. The molecule has 22 heavy (non-hydrogen) atoms. The predicted octanol–water partition coefficient (Wildman–Crippen LogP) is 4.57. The quantitative estimate of drug-likeness (QED) is 0.746. The van der Waals surface area contributed by atoms with Gasteiger partial charge < -0.3 is 10.5 Å². The molecule has 0 spiro atoms. The normalized spacial score (nSPS) is 11.9. The minimum absolute atomic E-state index is 0.215. The predicted molar refractivity (Wildman–Crippen MR) is 90.3 cm³/mol. The Kier molecular flexibility index (Phi) is 4.52. The number of hydrogen-bond acceptors (Lipinski definition) is 2. The molecule has 3 aromatic rings. The second-order valence-corrected chi connectivity index (χ2v) is 5.18. The molecule has 1 atom stereocenters. The molecule has 3 rings (SSSR count). The third-order valence-electron chi connectivity index (χ3n) is 3.70. The zero-order valence-corrected chi connectivity index (χ0v) is 12.4. The molecule has 0 radical (unpaired) electrons. The van der Waals surface area contributed by atoms with Crippen molar-refractivity contribution in [3.8, 4) is 11.5 Å². The molecule has 0 saturated heterocycles. The molecule has 0 heterocycles. The molecule has 3 aromatic carbocycles. The van der Waals surface area contributed by atoms with E-state index in [1.165, 1.54) is 11.1 Å². The number of nitrogens with two attached hydrogens (primary N) is 1. The van der Waals surface area contributed by atoms with Crippen molar-refractivity contribution in [1.82, 2.24) is 0 Å². The van der Waals surface area contributed by atoms with Crippen molar-refractivity contribution in [2.24, 2.45) is 5.73 Å². The second-order valence-electron chi connectivity index (χ2n) is 5.18. The highest BCUT2D eigenvalue weighted by molar-refractivity contribution is 5.38. The summed E-state index contributed by atoms with van der Waals surface area (Å²) in [6, 6.07) is 28.3. The maximum absolute atomic E-state index is 5.97. The first kappa shape index (κ1) is 14.4. The minimum atomic E-state index is 0.215. The lowest BCUT2D eigenvalue weighted by molar-refractivity contribution is 0.482. The van der Waals surface area contributed by atoms with E-state index in [-0.39, 0.29) is 5.92 Å². The first-order valence-corrected chi connectivity index (χ1v) is 7.44. The van der Waals surface area contributed by atoms with Gasteiger partial charge in [0.25, 0.3) is 0 Å². The van der Waals surface area contributed by atoms with Crippen LogP contribution in [0, 0.1) is 0 Å². The molecule has 1 unspecified atom stereocenters. The van der Waals surface area contributed by atoms with E-state index in [2.05, 4.69) is 24.3 Å². The largest absolute Gasteiger partial charge is 0.457 e.